The molecule has 2 amide bonds. The Kier molecular flexibility index (Phi) is 5.16. The molecule has 7 nitrogen and oxygen atoms in total. The van der Waals surface area contributed by atoms with Crippen molar-refractivity contribution in [3.05, 3.63) is 12.7 Å². The van der Waals surface area contributed by atoms with Gasteiger partial charge in [0.2, 0.25) is 5.91 Å². The maximum Gasteiger partial charge on any atom is 0.410 e. The van der Waals surface area contributed by atoms with E-state index in [0.29, 0.717) is 19.4 Å². The lowest BCUT2D eigenvalue weighted by Gasteiger charge is -2.22. The van der Waals surface area contributed by atoms with E-state index < -0.39 is 30.6 Å². The smallest absolute Gasteiger partial charge is 0.410 e. The monoisotopic (exact) mass is 256 g/mol. The van der Waals surface area contributed by atoms with Gasteiger partial charge in [0.25, 0.3) is 0 Å². The minimum Gasteiger partial charge on any atom is -0.480 e. The Bertz CT molecular complexity index is 355. The fourth-order valence-electron chi connectivity index (χ4n) is 1.75. The summed E-state index contributed by atoms with van der Waals surface area (Å²) >= 11 is 0. The van der Waals surface area contributed by atoms with Gasteiger partial charge in [-0.3, -0.25) is 14.5 Å². The van der Waals surface area contributed by atoms with Gasteiger partial charge in [0.15, 0.2) is 0 Å². The van der Waals surface area contributed by atoms with Crippen LogP contribution in [-0.2, 0) is 14.3 Å². The summed E-state index contributed by atoms with van der Waals surface area (Å²) < 4.78 is 4.85. The Morgan fingerprint density at radius 2 is 2.22 bits per heavy atom. The van der Waals surface area contributed by atoms with Crippen LogP contribution in [0.5, 0.6) is 0 Å². The van der Waals surface area contributed by atoms with Crippen molar-refractivity contribution in [2.45, 2.75) is 18.9 Å². The third kappa shape index (κ3) is 3.76. The SMILES string of the molecule is C=CCOC(=O)N1CCC[C@H]1C(=O)NCC(=O)O. The van der Waals surface area contributed by atoms with Gasteiger partial charge in [-0.2, -0.15) is 0 Å². The molecule has 1 atom stereocenters. The predicted molar refractivity (Wildman–Crippen MR) is 61.9 cm³/mol. The lowest BCUT2D eigenvalue weighted by molar-refractivity contribution is -0.138. The Morgan fingerprint density at radius 3 is 2.83 bits per heavy atom. The summed E-state index contributed by atoms with van der Waals surface area (Å²) in [5.41, 5.74) is 0. The summed E-state index contributed by atoms with van der Waals surface area (Å²) in [4.78, 5) is 35.0. The van der Waals surface area contributed by atoms with Gasteiger partial charge in [0, 0.05) is 6.54 Å². The molecule has 18 heavy (non-hydrogen) atoms. The van der Waals surface area contributed by atoms with Crippen LogP contribution in [0.3, 0.4) is 0 Å². The number of nitrogens with one attached hydrogen (secondary N) is 1. The van der Waals surface area contributed by atoms with Crippen molar-refractivity contribution in [3.8, 4) is 0 Å². The summed E-state index contributed by atoms with van der Waals surface area (Å²) in [5.74, 6) is -1.59. The van der Waals surface area contributed by atoms with E-state index in [1.165, 1.54) is 11.0 Å². The quantitative estimate of drug-likeness (QED) is 0.674. The van der Waals surface area contributed by atoms with Crippen LogP contribution in [0, 0.1) is 0 Å². The molecule has 0 aromatic rings. The molecule has 0 aromatic carbocycles. The van der Waals surface area contributed by atoms with Gasteiger partial charge in [0.05, 0.1) is 0 Å². The van der Waals surface area contributed by atoms with Crippen LogP contribution in [0.25, 0.3) is 0 Å². The van der Waals surface area contributed by atoms with Crippen molar-refractivity contribution >= 4 is 18.0 Å². The zero-order valence-electron chi connectivity index (χ0n) is 9.92. The van der Waals surface area contributed by atoms with Crippen molar-refractivity contribution in [1.29, 1.82) is 0 Å². The number of ether oxygens (including phenoxy) is 1. The van der Waals surface area contributed by atoms with Gasteiger partial charge < -0.3 is 15.2 Å². The molecule has 1 heterocycles. The maximum atomic E-state index is 11.7. The van der Waals surface area contributed by atoms with Crippen LogP contribution in [0.4, 0.5) is 4.79 Å². The molecule has 0 aromatic heterocycles. The van der Waals surface area contributed by atoms with E-state index in [-0.39, 0.29) is 6.61 Å². The summed E-state index contributed by atoms with van der Waals surface area (Å²) in [6.07, 6.45) is 2.05. The minimum absolute atomic E-state index is 0.0821. The van der Waals surface area contributed by atoms with Crippen LogP contribution in [0.2, 0.25) is 0 Å². The molecule has 100 valence electrons. The second-order valence-corrected chi connectivity index (χ2v) is 3.83. The Labute approximate surface area is 104 Å². The fraction of sp³-hybridized carbons (Fsp3) is 0.545. The summed E-state index contributed by atoms with van der Waals surface area (Å²) in [5, 5.41) is 10.7. The van der Waals surface area contributed by atoms with Crippen molar-refractivity contribution in [2.24, 2.45) is 0 Å². The van der Waals surface area contributed by atoms with Gasteiger partial charge in [0.1, 0.15) is 19.2 Å². The molecule has 0 aliphatic carbocycles. The van der Waals surface area contributed by atoms with Crippen LogP contribution in [0.15, 0.2) is 12.7 Å². The number of amides is 2. The standard InChI is InChI=1S/C11H16N2O5/c1-2-6-18-11(17)13-5-3-4-8(13)10(16)12-7-9(14)15/h2,8H,1,3-7H2,(H,12,16)(H,14,15)/t8-/m0/s1. The number of likely N-dealkylation sites (tertiary alicyclic amines) is 1. The van der Waals surface area contributed by atoms with E-state index in [1.807, 2.05) is 0 Å². The van der Waals surface area contributed by atoms with Crippen LogP contribution in [-0.4, -0.2) is 53.7 Å². The molecule has 0 spiro atoms. The Morgan fingerprint density at radius 1 is 1.50 bits per heavy atom. The van der Waals surface area contributed by atoms with E-state index in [9.17, 15) is 14.4 Å². The highest BCUT2D eigenvalue weighted by Gasteiger charge is 2.34. The second-order valence-electron chi connectivity index (χ2n) is 3.83. The highest BCUT2D eigenvalue weighted by molar-refractivity contribution is 5.88. The highest BCUT2D eigenvalue weighted by atomic mass is 16.6. The zero-order chi connectivity index (χ0) is 13.5. The molecule has 2 N–H and O–H groups in total. The number of hydrogen-bond acceptors (Lipinski definition) is 4. The molecular formula is C11H16N2O5. The van der Waals surface area contributed by atoms with Crippen LogP contribution < -0.4 is 5.32 Å². The normalized spacial score (nSPS) is 18.2. The molecule has 1 saturated heterocycles. The molecule has 7 heteroatoms. The first kappa shape index (κ1) is 14.0. The number of hydrogen-bond donors (Lipinski definition) is 2. The Balaban J connectivity index is 2.52. The molecule has 1 fully saturated rings. The number of carbonyl (C=O) groups excluding carboxylic acids is 2. The number of aliphatic carboxylic acids is 1. The zero-order valence-corrected chi connectivity index (χ0v) is 9.92. The van der Waals surface area contributed by atoms with E-state index in [4.69, 9.17) is 9.84 Å². The summed E-state index contributed by atoms with van der Waals surface area (Å²) in [6.45, 7) is 3.48. The molecule has 1 aliphatic rings. The molecule has 0 unspecified atom stereocenters. The van der Waals surface area contributed by atoms with Gasteiger partial charge >= 0.3 is 12.1 Å². The van der Waals surface area contributed by atoms with Gasteiger partial charge in [-0.1, -0.05) is 12.7 Å². The molecular weight excluding hydrogens is 240 g/mol. The largest absolute Gasteiger partial charge is 0.480 e. The molecule has 1 rings (SSSR count). The van der Waals surface area contributed by atoms with Crippen molar-refractivity contribution in [2.75, 3.05) is 19.7 Å². The van der Waals surface area contributed by atoms with Crippen molar-refractivity contribution < 1.29 is 24.2 Å². The lowest BCUT2D eigenvalue weighted by atomic mass is 10.2. The molecule has 0 saturated carbocycles. The van der Waals surface area contributed by atoms with Gasteiger partial charge in [-0.25, -0.2) is 4.79 Å². The summed E-state index contributed by atoms with van der Waals surface area (Å²) in [6, 6.07) is -0.651. The number of carboxylic acids is 1. The fourth-order valence-corrected chi connectivity index (χ4v) is 1.75. The highest BCUT2D eigenvalue weighted by Crippen LogP contribution is 2.18. The second kappa shape index (κ2) is 6.63. The number of nitrogens with zero attached hydrogens (tertiary/aromatic N) is 1. The molecule has 1 aliphatic heterocycles. The predicted octanol–water partition coefficient (Wildman–Crippen LogP) is -0.0258. The number of carbonyl (C=O) groups is 3. The van der Waals surface area contributed by atoms with Crippen LogP contribution >= 0.6 is 0 Å². The topological polar surface area (TPSA) is 95.9 Å². The van der Waals surface area contributed by atoms with Crippen LogP contribution in [0.1, 0.15) is 12.8 Å². The molecule has 0 bridgehead atoms. The average Bonchev–Trinajstić information content (AvgIpc) is 2.82. The average molecular weight is 256 g/mol. The first-order chi connectivity index (χ1) is 8.56. The van der Waals surface area contributed by atoms with E-state index >= 15 is 0 Å². The van der Waals surface area contributed by atoms with Crippen molar-refractivity contribution in [3.63, 3.8) is 0 Å². The first-order valence-electron chi connectivity index (χ1n) is 5.60. The maximum absolute atomic E-state index is 11.7. The first-order valence-corrected chi connectivity index (χ1v) is 5.60. The third-order valence-electron chi connectivity index (χ3n) is 2.53. The third-order valence-corrected chi connectivity index (χ3v) is 2.53. The molecule has 0 radical (unpaired) electrons. The van der Waals surface area contributed by atoms with Crippen molar-refractivity contribution in [1.82, 2.24) is 10.2 Å². The lowest BCUT2D eigenvalue weighted by Crippen LogP contribution is -2.47. The van der Waals surface area contributed by atoms with Gasteiger partial charge in [-0.05, 0) is 12.8 Å². The minimum atomic E-state index is -1.12. The van der Waals surface area contributed by atoms with E-state index in [2.05, 4.69) is 11.9 Å². The van der Waals surface area contributed by atoms with E-state index in [0.717, 1.165) is 0 Å². The van der Waals surface area contributed by atoms with E-state index in [1.54, 1.807) is 0 Å². The van der Waals surface area contributed by atoms with Gasteiger partial charge in [-0.15, -0.1) is 0 Å². The number of rotatable bonds is 5. The number of carboxylic acid groups (broad SMARTS) is 1. The summed E-state index contributed by atoms with van der Waals surface area (Å²) in [7, 11) is 0. The Hall–Kier alpha value is -2.05.